The number of aryl methyl sites for hydroxylation is 3. The molecule has 0 fully saturated rings. The molecule has 4 aromatic carbocycles. The van der Waals surface area contributed by atoms with E-state index in [1.807, 2.05) is 80.7 Å². The van der Waals surface area contributed by atoms with Gasteiger partial charge >= 0.3 is 0 Å². The minimum Gasteiger partial charge on any atom is -0.500 e. The van der Waals surface area contributed by atoms with Crippen LogP contribution < -0.4 is 5.19 Å². The minimum atomic E-state index is -1.50. The van der Waals surface area contributed by atoms with Gasteiger partial charge in [0.1, 0.15) is 5.58 Å². The van der Waals surface area contributed by atoms with E-state index in [0.717, 1.165) is 27.8 Å². The number of aromatic nitrogens is 2. The van der Waals surface area contributed by atoms with Crippen LogP contribution in [0.15, 0.2) is 102 Å². The molecule has 1 radical (unpaired) electrons. The zero-order valence-electron chi connectivity index (χ0n) is 30.3. The third-order valence-electron chi connectivity index (χ3n) is 8.62. The minimum absolute atomic E-state index is 0. The van der Waals surface area contributed by atoms with E-state index in [0.29, 0.717) is 27.8 Å². The van der Waals surface area contributed by atoms with Gasteiger partial charge in [0, 0.05) is 45.1 Å². The van der Waals surface area contributed by atoms with Crippen molar-refractivity contribution in [2.75, 3.05) is 0 Å². The molecule has 0 amide bonds. The molecule has 0 N–H and O–H groups in total. The molecule has 0 saturated carbocycles. The van der Waals surface area contributed by atoms with Crippen LogP contribution in [0.5, 0.6) is 0 Å². The van der Waals surface area contributed by atoms with Crippen molar-refractivity contribution in [3.63, 3.8) is 0 Å². The van der Waals surface area contributed by atoms with E-state index in [1.54, 1.807) is 6.20 Å². The summed E-state index contributed by atoms with van der Waals surface area (Å²) in [7, 11) is -1.50. The van der Waals surface area contributed by atoms with Gasteiger partial charge in [0.15, 0.2) is 0 Å². The Morgan fingerprint density at radius 2 is 1.57 bits per heavy atom. The number of halogens is 1. The Labute approximate surface area is 305 Å². The first-order valence-corrected chi connectivity index (χ1v) is 19.8. The number of hydrogen-bond donors (Lipinski definition) is 0. The van der Waals surface area contributed by atoms with Gasteiger partial charge in [-0.05, 0) is 83.0 Å². The van der Waals surface area contributed by atoms with Crippen LogP contribution in [0.2, 0.25) is 19.6 Å². The van der Waals surface area contributed by atoms with Crippen molar-refractivity contribution >= 4 is 35.2 Å². The second-order valence-corrected chi connectivity index (χ2v) is 18.7. The van der Waals surface area contributed by atoms with Crippen LogP contribution in [-0.4, -0.2) is 18.0 Å². The SMILES string of the molecule is Cc1cc(C)c(-c2ccnc(-c3[c-]cc(F)c4c3oc3ccccc34)c2)c(C)c1.[2H]C(C)(C)c1cc(-c2[c-]cccc2)ncc1[Si](C)(C)C.[Ir]. The van der Waals surface area contributed by atoms with Crippen LogP contribution in [0.25, 0.3) is 55.6 Å². The smallest absolute Gasteiger partial charge is 0.121 e. The van der Waals surface area contributed by atoms with Crippen molar-refractivity contribution in [2.45, 2.75) is 60.2 Å². The second kappa shape index (κ2) is 14.7. The van der Waals surface area contributed by atoms with Gasteiger partial charge in [0.05, 0.1) is 13.7 Å². The zero-order valence-corrected chi connectivity index (χ0v) is 32.6. The fraction of sp³-hybridized carbons (Fsp3) is 0.209. The van der Waals surface area contributed by atoms with E-state index < -0.39 is 14.0 Å². The normalized spacial score (nSPS) is 11.9. The maximum atomic E-state index is 14.6. The number of fused-ring (bicyclic) bond motifs is 3. The molecular weight excluding hydrogens is 800 g/mol. The molecule has 7 aromatic rings. The number of hydrogen-bond acceptors (Lipinski definition) is 3. The summed E-state index contributed by atoms with van der Waals surface area (Å²) >= 11 is 0. The van der Waals surface area contributed by atoms with Crippen LogP contribution in [0.3, 0.4) is 0 Å². The number of rotatable bonds is 5. The number of furan rings is 1. The Hall–Kier alpha value is -4.22. The van der Waals surface area contributed by atoms with E-state index >= 15 is 0 Å². The molecule has 0 spiro atoms. The van der Waals surface area contributed by atoms with Gasteiger partial charge < -0.3 is 14.4 Å². The van der Waals surface area contributed by atoms with Crippen molar-refractivity contribution in [3.05, 3.63) is 138 Å². The molecule has 6 heteroatoms. The molecule has 0 bridgehead atoms. The molecule has 7 rings (SSSR count). The molecule has 0 aliphatic carbocycles. The molecule has 0 aliphatic heterocycles. The summed E-state index contributed by atoms with van der Waals surface area (Å²) in [6.07, 6.45) is 3.77. The largest absolute Gasteiger partial charge is 0.500 e. The fourth-order valence-electron chi connectivity index (χ4n) is 6.45. The van der Waals surface area contributed by atoms with Crippen LogP contribution in [0, 0.1) is 38.7 Å². The van der Waals surface area contributed by atoms with Gasteiger partial charge in [-0.1, -0.05) is 92.6 Å². The van der Waals surface area contributed by atoms with Gasteiger partial charge in [0.2, 0.25) is 0 Å². The predicted octanol–water partition coefficient (Wildman–Crippen LogP) is 11.4. The van der Waals surface area contributed by atoms with E-state index in [9.17, 15) is 4.39 Å². The Morgan fingerprint density at radius 1 is 0.857 bits per heavy atom. The molecule has 0 unspecified atom stereocenters. The molecule has 3 nitrogen and oxygen atoms in total. The van der Waals surface area contributed by atoms with Gasteiger partial charge in [-0.15, -0.1) is 48.0 Å². The van der Waals surface area contributed by atoms with Crippen molar-refractivity contribution in [2.24, 2.45) is 0 Å². The summed E-state index contributed by atoms with van der Waals surface area (Å²) in [6.45, 7) is 17.1. The monoisotopic (exact) mass is 842 g/mol. The van der Waals surface area contributed by atoms with Gasteiger partial charge in [-0.2, -0.15) is 0 Å². The predicted molar refractivity (Wildman–Crippen MR) is 201 cm³/mol. The van der Waals surface area contributed by atoms with Crippen LogP contribution in [0.1, 0.15) is 43.4 Å². The fourth-order valence-corrected chi connectivity index (χ4v) is 8.03. The average Bonchev–Trinajstić information content (AvgIpc) is 3.45. The van der Waals surface area contributed by atoms with Gasteiger partial charge in [0.25, 0.3) is 0 Å². The first-order chi connectivity index (χ1) is 23.2. The summed E-state index contributed by atoms with van der Waals surface area (Å²) in [5, 5.41) is 2.51. The summed E-state index contributed by atoms with van der Waals surface area (Å²) in [5.41, 5.74) is 11.5. The molecule has 3 heterocycles. The third kappa shape index (κ3) is 7.52. The number of para-hydroxylation sites is 1. The molecule has 3 aromatic heterocycles. The van der Waals surface area contributed by atoms with Crippen molar-refractivity contribution in [1.29, 1.82) is 0 Å². The molecule has 0 saturated heterocycles. The van der Waals surface area contributed by atoms with Crippen LogP contribution in [-0.2, 0) is 20.1 Å². The first-order valence-electron chi connectivity index (χ1n) is 16.8. The third-order valence-corrected chi connectivity index (χ3v) is 10.6. The van der Waals surface area contributed by atoms with Crippen LogP contribution in [0.4, 0.5) is 4.39 Å². The Kier molecular flexibility index (Phi) is 10.4. The maximum absolute atomic E-state index is 14.6. The zero-order chi connectivity index (χ0) is 35.1. The number of pyridine rings is 2. The molecular formula is C43H41FIrN2OSi-2. The van der Waals surface area contributed by atoms with Gasteiger partial charge in [-0.25, -0.2) is 0 Å². The standard InChI is InChI=1S/C26H19FNO.C17H22NSi.Ir/c1-15-12-16(2)24(17(3)13-15)18-10-11-28-22(14-18)19-8-9-21(27)25-20-6-4-5-7-23(20)29-26(19)25;1-13(2)15-11-16(14-9-7-6-8-10-14)18-12-17(15)19(3,4)5;/h4-7,9-14H,1-3H3;6-9,11-13H,1-5H3;/q2*-1;/i;13D;. The van der Waals surface area contributed by atoms with Crippen LogP contribution >= 0.6 is 0 Å². The number of nitrogens with zero attached hydrogens (tertiary/aromatic N) is 2. The average molecular weight is 842 g/mol. The summed E-state index contributed by atoms with van der Waals surface area (Å²) in [5.74, 6) is -0.947. The topological polar surface area (TPSA) is 38.9 Å². The molecule has 251 valence electrons. The van der Waals surface area contributed by atoms with Crippen molar-refractivity contribution in [1.82, 2.24) is 9.97 Å². The quantitative estimate of drug-likeness (QED) is 0.128. The van der Waals surface area contributed by atoms with E-state index in [4.69, 9.17) is 5.79 Å². The molecule has 49 heavy (non-hydrogen) atoms. The van der Waals surface area contributed by atoms with E-state index in [1.165, 1.54) is 33.5 Å². The van der Waals surface area contributed by atoms with Gasteiger partial charge in [-0.3, -0.25) is 4.39 Å². The van der Waals surface area contributed by atoms with Crippen molar-refractivity contribution < 1.29 is 30.3 Å². The van der Waals surface area contributed by atoms with E-state index in [-0.39, 0.29) is 25.9 Å². The summed E-state index contributed by atoms with van der Waals surface area (Å²) in [4.78, 5) is 9.16. The maximum Gasteiger partial charge on any atom is 0.121 e. The molecule has 0 aliphatic rings. The summed E-state index contributed by atoms with van der Waals surface area (Å²) < 4.78 is 29.1. The summed E-state index contributed by atoms with van der Waals surface area (Å²) in [6, 6.07) is 33.4. The first kappa shape index (κ1) is 34.6. The molecule has 0 atom stereocenters. The van der Waals surface area contributed by atoms with E-state index in [2.05, 4.69) is 80.7 Å². The Morgan fingerprint density at radius 3 is 2.24 bits per heavy atom. The second-order valence-electron chi connectivity index (χ2n) is 13.7. The number of benzene rings is 4. The Bertz CT molecular complexity index is 2280. The Balaban J connectivity index is 0.000000204. The van der Waals surface area contributed by atoms with Crippen molar-refractivity contribution in [3.8, 4) is 33.6 Å².